The lowest BCUT2D eigenvalue weighted by Crippen LogP contribution is -2.42. The van der Waals surface area contributed by atoms with Crippen molar-refractivity contribution in [1.82, 2.24) is 9.88 Å². The first kappa shape index (κ1) is 15.1. The number of carbonyl (C=O) groups excluding carboxylic acids is 1. The number of likely N-dealkylation sites (tertiary alicyclic amines) is 1. The molecule has 1 unspecified atom stereocenters. The zero-order valence-corrected chi connectivity index (χ0v) is 13.4. The largest absolute Gasteiger partial charge is 0.481 e. The van der Waals surface area contributed by atoms with Gasteiger partial charge in [0, 0.05) is 30.1 Å². The average Bonchev–Trinajstić information content (AvgIpc) is 3.45. The van der Waals surface area contributed by atoms with Crippen molar-refractivity contribution in [2.45, 2.75) is 31.6 Å². The third kappa shape index (κ3) is 2.75. The van der Waals surface area contributed by atoms with E-state index in [4.69, 9.17) is 4.98 Å². The molecular formula is C19H20N2O3. The highest BCUT2D eigenvalue weighted by molar-refractivity contribution is 6.06. The molecule has 2 fully saturated rings. The van der Waals surface area contributed by atoms with Crippen LogP contribution in [0.3, 0.4) is 0 Å². The predicted octanol–water partition coefficient (Wildman–Crippen LogP) is 3.05. The highest BCUT2D eigenvalue weighted by atomic mass is 16.4. The fourth-order valence-corrected chi connectivity index (χ4v) is 3.49. The zero-order valence-electron chi connectivity index (χ0n) is 13.4. The third-order valence-electron chi connectivity index (χ3n) is 5.02. The number of aromatic nitrogens is 1. The Hall–Kier alpha value is -2.43. The quantitative estimate of drug-likeness (QED) is 0.942. The number of carboxylic acids is 1. The SMILES string of the molecule is O=C(O)C1CCCN(C(=O)c2cc(C3CC3)nc3ccccc23)C1. The van der Waals surface area contributed by atoms with Crippen LogP contribution in [0.15, 0.2) is 30.3 Å². The van der Waals surface area contributed by atoms with Gasteiger partial charge in [-0.05, 0) is 37.8 Å². The Labute approximate surface area is 140 Å². The molecular weight excluding hydrogens is 304 g/mol. The maximum Gasteiger partial charge on any atom is 0.308 e. The molecule has 5 heteroatoms. The van der Waals surface area contributed by atoms with Crippen LogP contribution in [0.5, 0.6) is 0 Å². The number of nitrogens with zero attached hydrogens (tertiary/aromatic N) is 2. The molecule has 1 aliphatic heterocycles. The Morgan fingerprint density at radius 3 is 2.71 bits per heavy atom. The van der Waals surface area contributed by atoms with Crippen LogP contribution in [0.4, 0.5) is 0 Å². The molecule has 0 radical (unpaired) electrons. The summed E-state index contributed by atoms with van der Waals surface area (Å²) in [6.45, 7) is 0.918. The molecule has 24 heavy (non-hydrogen) atoms. The van der Waals surface area contributed by atoms with E-state index in [0.29, 0.717) is 31.0 Å². The van der Waals surface area contributed by atoms with Gasteiger partial charge >= 0.3 is 5.97 Å². The molecule has 2 aromatic rings. The van der Waals surface area contributed by atoms with Crippen LogP contribution >= 0.6 is 0 Å². The Kier molecular flexibility index (Phi) is 3.71. The summed E-state index contributed by atoms with van der Waals surface area (Å²) in [5, 5.41) is 10.1. The van der Waals surface area contributed by atoms with Crippen LogP contribution in [-0.2, 0) is 4.79 Å². The standard InChI is InChI=1S/C19H20N2O3/c22-18(21-9-3-4-13(11-21)19(23)24)15-10-17(12-7-8-12)20-16-6-2-1-5-14(15)16/h1-2,5-6,10,12-13H,3-4,7-9,11H2,(H,23,24). The Bertz CT molecular complexity index is 813. The van der Waals surface area contributed by atoms with Gasteiger partial charge in [0.25, 0.3) is 5.91 Å². The minimum Gasteiger partial charge on any atom is -0.481 e. The van der Waals surface area contributed by atoms with Crippen LogP contribution in [-0.4, -0.2) is 40.0 Å². The van der Waals surface area contributed by atoms with E-state index in [1.807, 2.05) is 30.3 Å². The second kappa shape index (κ2) is 5.89. The van der Waals surface area contributed by atoms with Crippen molar-refractivity contribution in [3.05, 3.63) is 41.6 Å². The average molecular weight is 324 g/mol. The summed E-state index contributed by atoms with van der Waals surface area (Å²) in [6.07, 6.45) is 3.64. The molecule has 1 saturated heterocycles. The van der Waals surface area contributed by atoms with Gasteiger partial charge in [0.05, 0.1) is 17.0 Å². The molecule has 124 valence electrons. The van der Waals surface area contributed by atoms with E-state index in [0.717, 1.165) is 35.9 Å². The molecule has 4 rings (SSSR count). The number of piperidine rings is 1. The van der Waals surface area contributed by atoms with Gasteiger partial charge in [0.2, 0.25) is 0 Å². The van der Waals surface area contributed by atoms with E-state index in [1.165, 1.54) is 0 Å². The van der Waals surface area contributed by atoms with Crippen LogP contribution in [0, 0.1) is 5.92 Å². The zero-order chi connectivity index (χ0) is 16.7. The summed E-state index contributed by atoms with van der Waals surface area (Å²) >= 11 is 0. The van der Waals surface area contributed by atoms with Gasteiger partial charge in [-0.15, -0.1) is 0 Å². The van der Waals surface area contributed by atoms with Crippen molar-refractivity contribution in [2.24, 2.45) is 5.92 Å². The lowest BCUT2D eigenvalue weighted by Gasteiger charge is -2.31. The third-order valence-corrected chi connectivity index (χ3v) is 5.02. The fraction of sp³-hybridized carbons (Fsp3) is 0.421. The van der Waals surface area contributed by atoms with Crippen LogP contribution < -0.4 is 0 Å². The topological polar surface area (TPSA) is 70.5 Å². The van der Waals surface area contributed by atoms with Crippen LogP contribution in [0.25, 0.3) is 10.9 Å². The second-order valence-electron chi connectivity index (χ2n) is 6.81. The molecule has 1 N–H and O–H groups in total. The fourth-order valence-electron chi connectivity index (χ4n) is 3.49. The van der Waals surface area contributed by atoms with Gasteiger partial charge in [0.15, 0.2) is 0 Å². The molecule has 1 aromatic heterocycles. The summed E-state index contributed by atoms with van der Waals surface area (Å²) in [5.74, 6) is -0.875. The maximum atomic E-state index is 13.1. The number of aliphatic carboxylic acids is 1. The smallest absolute Gasteiger partial charge is 0.308 e. The summed E-state index contributed by atoms with van der Waals surface area (Å²) in [6, 6.07) is 9.63. The first-order valence-electron chi connectivity index (χ1n) is 8.55. The van der Waals surface area contributed by atoms with Gasteiger partial charge in [-0.25, -0.2) is 0 Å². The summed E-state index contributed by atoms with van der Waals surface area (Å²) in [4.78, 5) is 30.8. The van der Waals surface area contributed by atoms with E-state index in [2.05, 4.69) is 0 Å². The van der Waals surface area contributed by atoms with E-state index in [-0.39, 0.29) is 5.91 Å². The summed E-state index contributed by atoms with van der Waals surface area (Å²) in [7, 11) is 0. The number of para-hydroxylation sites is 1. The van der Waals surface area contributed by atoms with Crippen LogP contribution in [0.2, 0.25) is 0 Å². The number of carbonyl (C=O) groups is 2. The molecule has 1 atom stereocenters. The molecule has 5 nitrogen and oxygen atoms in total. The van der Waals surface area contributed by atoms with Gasteiger partial charge in [0.1, 0.15) is 0 Å². The van der Waals surface area contributed by atoms with Gasteiger partial charge in [-0.3, -0.25) is 14.6 Å². The van der Waals surface area contributed by atoms with E-state index in [9.17, 15) is 14.7 Å². The molecule has 1 saturated carbocycles. The van der Waals surface area contributed by atoms with Crippen molar-refractivity contribution >= 4 is 22.8 Å². The summed E-state index contributed by atoms with van der Waals surface area (Å²) < 4.78 is 0. The van der Waals surface area contributed by atoms with E-state index >= 15 is 0 Å². The van der Waals surface area contributed by atoms with Gasteiger partial charge in [-0.2, -0.15) is 0 Å². The lowest BCUT2D eigenvalue weighted by molar-refractivity contribution is -0.143. The lowest BCUT2D eigenvalue weighted by atomic mass is 9.97. The van der Waals surface area contributed by atoms with Crippen molar-refractivity contribution in [1.29, 1.82) is 0 Å². The molecule has 2 heterocycles. The molecule has 0 spiro atoms. The molecule has 1 aliphatic carbocycles. The summed E-state index contributed by atoms with van der Waals surface area (Å²) in [5.41, 5.74) is 2.49. The highest BCUT2D eigenvalue weighted by Crippen LogP contribution is 2.40. The second-order valence-corrected chi connectivity index (χ2v) is 6.81. The first-order valence-corrected chi connectivity index (χ1v) is 8.55. The number of fused-ring (bicyclic) bond motifs is 1. The van der Waals surface area contributed by atoms with Crippen molar-refractivity contribution in [3.63, 3.8) is 0 Å². The first-order chi connectivity index (χ1) is 11.6. The maximum absolute atomic E-state index is 13.1. The number of amides is 1. The van der Waals surface area contributed by atoms with Gasteiger partial charge < -0.3 is 10.0 Å². The number of pyridine rings is 1. The number of carboxylic acid groups (broad SMARTS) is 1. The van der Waals surface area contributed by atoms with Crippen molar-refractivity contribution in [3.8, 4) is 0 Å². The Morgan fingerprint density at radius 2 is 1.96 bits per heavy atom. The normalized spacial score (nSPS) is 21.0. The van der Waals surface area contributed by atoms with E-state index in [1.54, 1.807) is 4.90 Å². The Morgan fingerprint density at radius 1 is 1.17 bits per heavy atom. The molecule has 1 aromatic carbocycles. The number of rotatable bonds is 3. The van der Waals surface area contributed by atoms with E-state index < -0.39 is 11.9 Å². The highest BCUT2D eigenvalue weighted by Gasteiger charge is 2.31. The molecule has 2 aliphatic rings. The minimum absolute atomic E-state index is 0.0681. The Balaban J connectivity index is 1.72. The molecule has 1 amide bonds. The molecule has 0 bridgehead atoms. The van der Waals surface area contributed by atoms with Crippen molar-refractivity contribution in [2.75, 3.05) is 13.1 Å². The predicted molar refractivity (Wildman–Crippen MR) is 90.0 cm³/mol. The minimum atomic E-state index is -0.814. The van der Waals surface area contributed by atoms with Gasteiger partial charge in [-0.1, -0.05) is 18.2 Å². The number of hydrogen-bond donors (Lipinski definition) is 1. The number of benzene rings is 1. The monoisotopic (exact) mass is 324 g/mol. The number of hydrogen-bond acceptors (Lipinski definition) is 3. The van der Waals surface area contributed by atoms with Crippen molar-refractivity contribution < 1.29 is 14.7 Å². The van der Waals surface area contributed by atoms with Crippen LogP contribution in [0.1, 0.15) is 47.7 Å².